The van der Waals surface area contributed by atoms with Crippen LogP contribution in [0.5, 0.6) is 0 Å². The average Bonchev–Trinajstić information content (AvgIpc) is 2.49. The third kappa shape index (κ3) is 1.49. The highest BCUT2D eigenvalue weighted by Crippen LogP contribution is 2.25. The van der Waals surface area contributed by atoms with Gasteiger partial charge in [0.05, 0.1) is 0 Å². The van der Waals surface area contributed by atoms with Gasteiger partial charge in [-0.1, -0.05) is 22.0 Å². The largest absolute Gasteiger partial charge is 0.357 e. The van der Waals surface area contributed by atoms with E-state index in [0.29, 0.717) is 0 Å². The Bertz CT molecular complexity index is 431. The number of aromatic nitrogens is 1. The van der Waals surface area contributed by atoms with Crippen molar-refractivity contribution in [1.29, 1.82) is 0 Å². The molecule has 13 heavy (non-hydrogen) atoms. The van der Waals surface area contributed by atoms with Crippen molar-refractivity contribution in [3.05, 3.63) is 34.4 Å². The van der Waals surface area contributed by atoms with Gasteiger partial charge in [0, 0.05) is 27.1 Å². The molecule has 0 bridgehead atoms. The minimum atomic E-state index is 0.0549. The van der Waals surface area contributed by atoms with E-state index in [2.05, 4.69) is 27.0 Å². The molecule has 0 aliphatic rings. The molecule has 0 saturated heterocycles. The Morgan fingerprint density at radius 2 is 2.23 bits per heavy atom. The second-order valence-corrected chi connectivity index (χ2v) is 4.07. The van der Waals surface area contributed by atoms with Crippen LogP contribution in [0.4, 0.5) is 0 Å². The molecule has 1 atom stereocenters. The Kier molecular flexibility index (Phi) is 2.14. The first-order valence-electron chi connectivity index (χ1n) is 4.21. The van der Waals surface area contributed by atoms with E-state index in [9.17, 15) is 0 Å². The van der Waals surface area contributed by atoms with Gasteiger partial charge in [-0.3, -0.25) is 0 Å². The van der Waals surface area contributed by atoms with Crippen molar-refractivity contribution in [3.63, 3.8) is 0 Å². The number of halogens is 1. The number of nitrogens with one attached hydrogen (secondary N) is 1. The smallest absolute Gasteiger partial charge is 0.0467 e. The summed E-state index contributed by atoms with van der Waals surface area (Å²) in [6.07, 6.45) is 0. The van der Waals surface area contributed by atoms with Gasteiger partial charge in [0.15, 0.2) is 0 Å². The molecule has 0 aliphatic carbocycles. The molecule has 68 valence electrons. The molecule has 2 nitrogen and oxygen atoms in total. The number of rotatable bonds is 1. The summed E-state index contributed by atoms with van der Waals surface area (Å²) in [6.45, 7) is 1.97. The Morgan fingerprint density at radius 1 is 1.46 bits per heavy atom. The second-order valence-electron chi connectivity index (χ2n) is 3.21. The summed E-state index contributed by atoms with van der Waals surface area (Å²) in [6, 6.07) is 8.23. The first-order valence-corrected chi connectivity index (χ1v) is 5.00. The number of benzene rings is 1. The zero-order valence-corrected chi connectivity index (χ0v) is 8.93. The van der Waals surface area contributed by atoms with Gasteiger partial charge < -0.3 is 10.7 Å². The van der Waals surface area contributed by atoms with Crippen molar-refractivity contribution in [2.24, 2.45) is 5.73 Å². The zero-order valence-electron chi connectivity index (χ0n) is 7.34. The number of hydrogen-bond donors (Lipinski definition) is 2. The predicted octanol–water partition coefficient (Wildman–Crippen LogP) is 2.95. The van der Waals surface area contributed by atoms with Crippen LogP contribution in [0.1, 0.15) is 18.7 Å². The van der Waals surface area contributed by atoms with Crippen LogP contribution in [0.25, 0.3) is 10.9 Å². The van der Waals surface area contributed by atoms with E-state index in [1.54, 1.807) is 0 Å². The lowest BCUT2D eigenvalue weighted by Crippen LogP contribution is -2.04. The van der Waals surface area contributed by atoms with Crippen LogP contribution in [0.15, 0.2) is 28.7 Å². The maximum Gasteiger partial charge on any atom is 0.0467 e. The highest BCUT2D eigenvalue weighted by atomic mass is 79.9. The van der Waals surface area contributed by atoms with Crippen LogP contribution in [-0.4, -0.2) is 4.98 Å². The van der Waals surface area contributed by atoms with Crippen LogP contribution in [-0.2, 0) is 0 Å². The summed E-state index contributed by atoms with van der Waals surface area (Å²) in [5.41, 5.74) is 7.98. The van der Waals surface area contributed by atoms with Crippen molar-refractivity contribution in [2.75, 3.05) is 0 Å². The number of hydrogen-bond acceptors (Lipinski definition) is 1. The number of aromatic amines is 1. The van der Waals surface area contributed by atoms with Gasteiger partial charge in [-0.15, -0.1) is 0 Å². The van der Waals surface area contributed by atoms with E-state index in [-0.39, 0.29) is 6.04 Å². The summed E-state index contributed by atoms with van der Waals surface area (Å²) in [4.78, 5) is 3.28. The third-order valence-corrected chi connectivity index (χ3v) is 2.81. The maximum atomic E-state index is 5.78. The monoisotopic (exact) mass is 238 g/mol. The molecule has 0 aliphatic heterocycles. The van der Waals surface area contributed by atoms with Crippen molar-refractivity contribution < 1.29 is 0 Å². The maximum absolute atomic E-state index is 5.78. The molecule has 0 amide bonds. The summed E-state index contributed by atoms with van der Waals surface area (Å²) < 4.78 is 1.10. The SMILES string of the molecule is C[C@@H](N)c1cc2c(Br)cccc2[nH]1. The molecule has 0 unspecified atom stereocenters. The summed E-state index contributed by atoms with van der Waals surface area (Å²) in [7, 11) is 0. The number of fused-ring (bicyclic) bond motifs is 1. The van der Waals surface area contributed by atoms with E-state index >= 15 is 0 Å². The molecule has 1 aromatic carbocycles. The van der Waals surface area contributed by atoms with Crippen LogP contribution >= 0.6 is 15.9 Å². The lowest BCUT2D eigenvalue weighted by molar-refractivity contribution is 0.792. The molecule has 1 aromatic heterocycles. The van der Waals surface area contributed by atoms with Gasteiger partial charge in [0.2, 0.25) is 0 Å². The fourth-order valence-electron chi connectivity index (χ4n) is 1.39. The molecule has 2 aromatic rings. The first kappa shape index (κ1) is 8.78. The fraction of sp³-hybridized carbons (Fsp3) is 0.200. The van der Waals surface area contributed by atoms with Crippen LogP contribution in [0.3, 0.4) is 0 Å². The van der Waals surface area contributed by atoms with E-state index in [1.165, 1.54) is 5.39 Å². The van der Waals surface area contributed by atoms with Crippen LogP contribution in [0.2, 0.25) is 0 Å². The first-order chi connectivity index (χ1) is 6.18. The van der Waals surface area contributed by atoms with E-state index < -0.39 is 0 Å². The molecule has 0 spiro atoms. The zero-order chi connectivity index (χ0) is 9.42. The highest BCUT2D eigenvalue weighted by Gasteiger charge is 2.05. The van der Waals surface area contributed by atoms with E-state index in [0.717, 1.165) is 15.7 Å². The van der Waals surface area contributed by atoms with Crippen molar-refractivity contribution >= 4 is 26.8 Å². The van der Waals surface area contributed by atoms with Gasteiger partial charge in [0.25, 0.3) is 0 Å². The Balaban J connectivity index is 2.68. The third-order valence-electron chi connectivity index (χ3n) is 2.12. The molecular formula is C10H11BrN2. The fourth-order valence-corrected chi connectivity index (χ4v) is 1.87. The van der Waals surface area contributed by atoms with Crippen LogP contribution < -0.4 is 5.73 Å². The lowest BCUT2D eigenvalue weighted by Gasteiger charge is -1.98. The summed E-state index contributed by atoms with van der Waals surface area (Å²) >= 11 is 3.50. The van der Waals surface area contributed by atoms with Gasteiger partial charge >= 0.3 is 0 Å². The molecule has 3 N–H and O–H groups in total. The van der Waals surface area contributed by atoms with Gasteiger partial charge in [-0.05, 0) is 25.1 Å². The van der Waals surface area contributed by atoms with Crippen molar-refractivity contribution in [2.45, 2.75) is 13.0 Å². The quantitative estimate of drug-likeness (QED) is 0.789. The van der Waals surface area contributed by atoms with Crippen molar-refractivity contribution in [3.8, 4) is 0 Å². The molecule has 0 saturated carbocycles. The summed E-state index contributed by atoms with van der Waals surface area (Å²) in [5.74, 6) is 0. The molecule has 2 rings (SSSR count). The van der Waals surface area contributed by atoms with Gasteiger partial charge in [-0.2, -0.15) is 0 Å². The normalized spacial score (nSPS) is 13.5. The minimum absolute atomic E-state index is 0.0549. The second kappa shape index (κ2) is 3.16. The van der Waals surface area contributed by atoms with Crippen LogP contribution in [0, 0.1) is 0 Å². The van der Waals surface area contributed by atoms with E-state index in [1.807, 2.05) is 25.1 Å². The highest BCUT2D eigenvalue weighted by molar-refractivity contribution is 9.10. The molecule has 0 fully saturated rings. The standard InChI is InChI=1S/C10H11BrN2/c1-6(12)10-5-7-8(11)3-2-4-9(7)13-10/h2-6,13H,12H2,1H3/t6-/m1/s1. The average molecular weight is 239 g/mol. The molecule has 0 radical (unpaired) electrons. The number of nitrogens with two attached hydrogens (primary N) is 1. The Hall–Kier alpha value is -0.800. The molecular weight excluding hydrogens is 228 g/mol. The molecule has 1 heterocycles. The van der Waals surface area contributed by atoms with Crippen molar-refractivity contribution in [1.82, 2.24) is 4.98 Å². The lowest BCUT2D eigenvalue weighted by atomic mass is 10.2. The summed E-state index contributed by atoms with van der Waals surface area (Å²) in [5, 5.41) is 1.19. The Morgan fingerprint density at radius 3 is 2.85 bits per heavy atom. The topological polar surface area (TPSA) is 41.8 Å². The van der Waals surface area contributed by atoms with Gasteiger partial charge in [0.1, 0.15) is 0 Å². The van der Waals surface area contributed by atoms with Gasteiger partial charge in [-0.25, -0.2) is 0 Å². The Labute approximate surface area is 85.3 Å². The number of H-pyrrole nitrogens is 1. The minimum Gasteiger partial charge on any atom is -0.357 e. The predicted molar refractivity (Wildman–Crippen MR) is 58.6 cm³/mol. The molecule has 3 heteroatoms. The van der Waals surface area contributed by atoms with E-state index in [4.69, 9.17) is 5.73 Å².